The lowest BCUT2D eigenvalue weighted by Crippen LogP contribution is -2.34. The van der Waals surface area contributed by atoms with Gasteiger partial charge in [-0.15, -0.1) is 0 Å². The number of nitrogens with zero attached hydrogens (tertiary/aromatic N) is 2. The molecule has 2 amide bonds. The number of benzene rings is 1. The summed E-state index contributed by atoms with van der Waals surface area (Å²) in [5.74, 6) is 1.90. The summed E-state index contributed by atoms with van der Waals surface area (Å²) in [6.45, 7) is 6.00. The third kappa shape index (κ3) is 4.88. The fourth-order valence-corrected chi connectivity index (χ4v) is 4.14. The highest BCUT2D eigenvalue weighted by Crippen LogP contribution is 2.35. The molecule has 1 N–H and O–H groups in total. The number of carbonyl (C=O) groups excluding carboxylic acids is 2. The van der Waals surface area contributed by atoms with Gasteiger partial charge in [0.2, 0.25) is 11.8 Å². The molecule has 172 valence electrons. The van der Waals surface area contributed by atoms with Crippen LogP contribution in [0.4, 0.5) is 5.69 Å². The van der Waals surface area contributed by atoms with E-state index in [1.54, 1.807) is 25.9 Å². The maximum atomic E-state index is 12.6. The molecule has 32 heavy (non-hydrogen) atoms. The van der Waals surface area contributed by atoms with E-state index >= 15 is 0 Å². The van der Waals surface area contributed by atoms with Gasteiger partial charge in [-0.2, -0.15) is 0 Å². The minimum absolute atomic E-state index is 0.0133. The number of carbonyl (C=O) groups is 2. The topological polar surface area (TPSA) is 103 Å². The van der Waals surface area contributed by atoms with Gasteiger partial charge in [0.05, 0.1) is 26.9 Å². The average molecular weight is 444 g/mol. The number of hydrogen-bond donors (Lipinski definition) is 1. The Hall–Kier alpha value is -3.07. The number of aromatic nitrogens is 1. The lowest BCUT2D eigenvalue weighted by Gasteiger charge is -2.18. The second-order valence-corrected chi connectivity index (χ2v) is 8.37. The van der Waals surface area contributed by atoms with Crippen LogP contribution in [0.2, 0.25) is 0 Å². The van der Waals surface area contributed by atoms with Gasteiger partial charge in [-0.1, -0.05) is 11.2 Å². The molecule has 0 unspecified atom stereocenters. The molecule has 0 saturated carbocycles. The van der Waals surface area contributed by atoms with Crippen LogP contribution in [0.3, 0.4) is 0 Å². The predicted molar refractivity (Wildman–Crippen MR) is 116 cm³/mol. The van der Waals surface area contributed by atoms with E-state index in [-0.39, 0.29) is 24.3 Å². The van der Waals surface area contributed by atoms with Crippen LogP contribution >= 0.6 is 0 Å². The number of amides is 2. The summed E-state index contributed by atoms with van der Waals surface area (Å²) in [4.78, 5) is 26.7. The number of likely N-dealkylation sites (tertiary alicyclic amines) is 1. The number of anilines is 1. The van der Waals surface area contributed by atoms with E-state index in [0.717, 1.165) is 18.6 Å². The Morgan fingerprint density at radius 1 is 1.31 bits per heavy atom. The molecule has 0 bridgehead atoms. The van der Waals surface area contributed by atoms with Crippen molar-refractivity contribution in [3.63, 3.8) is 0 Å². The second kappa shape index (κ2) is 9.60. The van der Waals surface area contributed by atoms with Gasteiger partial charge in [-0.25, -0.2) is 0 Å². The summed E-state index contributed by atoms with van der Waals surface area (Å²) in [6, 6.07) is 5.77. The number of hydrogen-bond acceptors (Lipinski definition) is 7. The van der Waals surface area contributed by atoms with E-state index in [1.165, 1.54) is 0 Å². The molecule has 9 heteroatoms. The second-order valence-electron chi connectivity index (χ2n) is 8.37. The van der Waals surface area contributed by atoms with Crippen molar-refractivity contribution in [1.29, 1.82) is 0 Å². The van der Waals surface area contributed by atoms with Crippen molar-refractivity contribution in [3.05, 3.63) is 35.2 Å². The predicted octanol–water partition coefficient (Wildman–Crippen LogP) is 2.67. The first-order chi connectivity index (χ1) is 15.4. The first kappa shape index (κ1) is 22.1. The molecule has 2 aliphatic rings. The molecule has 0 radical (unpaired) electrons. The monoisotopic (exact) mass is 443 g/mol. The fourth-order valence-electron chi connectivity index (χ4n) is 4.14. The van der Waals surface area contributed by atoms with Gasteiger partial charge in [0.1, 0.15) is 11.4 Å². The summed E-state index contributed by atoms with van der Waals surface area (Å²) >= 11 is 0. The van der Waals surface area contributed by atoms with Crippen molar-refractivity contribution in [2.45, 2.75) is 32.6 Å². The molecule has 4 rings (SSSR count). The number of ether oxygens (including phenoxy) is 3. The van der Waals surface area contributed by atoms with Gasteiger partial charge in [0.15, 0.2) is 17.3 Å². The first-order valence-corrected chi connectivity index (χ1v) is 10.8. The zero-order valence-electron chi connectivity index (χ0n) is 18.7. The molecule has 2 atom stereocenters. The van der Waals surface area contributed by atoms with Crippen molar-refractivity contribution >= 4 is 17.5 Å². The van der Waals surface area contributed by atoms with Crippen molar-refractivity contribution < 1.29 is 28.3 Å². The van der Waals surface area contributed by atoms with Crippen LogP contribution in [0.25, 0.3) is 0 Å². The molecule has 1 aromatic heterocycles. The maximum Gasteiger partial charge on any atom is 0.244 e. The molecule has 9 nitrogen and oxygen atoms in total. The molecule has 2 aromatic rings. The minimum Gasteiger partial charge on any atom is -0.493 e. The maximum absolute atomic E-state index is 12.6. The van der Waals surface area contributed by atoms with E-state index in [2.05, 4.69) is 10.5 Å². The van der Waals surface area contributed by atoms with Crippen LogP contribution in [-0.4, -0.2) is 61.9 Å². The van der Waals surface area contributed by atoms with E-state index in [1.807, 2.05) is 18.2 Å². The zero-order chi connectivity index (χ0) is 22.7. The molecule has 3 heterocycles. The van der Waals surface area contributed by atoms with Gasteiger partial charge in [-0.3, -0.25) is 9.59 Å². The van der Waals surface area contributed by atoms with Crippen LogP contribution < -0.4 is 14.8 Å². The number of methoxy groups -OCH3 is 1. The standard InChI is InChI=1S/C23H29N3O6/c1-14-23(15(2)32-25-14)24-21(27)11-26-10-18(9-22(26)28)17-4-5-19(29-3)20(8-17)31-13-16-6-7-30-12-16/h4-5,8,16,18H,6-7,9-13H2,1-3H3,(H,24,27)/t16-,18-/m1/s1. The molecular weight excluding hydrogens is 414 g/mol. The lowest BCUT2D eigenvalue weighted by atomic mass is 9.98. The molecule has 2 aliphatic heterocycles. The van der Waals surface area contributed by atoms with Gasteiger partial charge >= 0.3 is 0 Å². The number of aryl methyl sites for hydroxylation is 2. The summed E-state index contributed by atoms with van der Waals surface area (Å²) in [5.41, 5.74) is 2.16. The van der Waals surface area contributed by atoms with Crippen LogP contribution in [0, 0.1) is 19.8 Å². The molecule has 0 aliphatic carbocycles. The molecule has 1 aromatic carbocycles. The molecular formula is C23H29N3O6. The summed E-state index contributed by atoms with van der Waals surface area (Å²) in [7, 11) is 1.61. The van der Waals surface area contributed by atoms with Gasteiger partial charge < -0.3 is 29.0 Å². The Labute approximate surface area is 187 Å². The lowest BCUT2D eigenvalue weighted by molar-refractivity contribution is -0.131. The Morgan fingerprint density at radius 2 is 2.16 bits per heavy atom. The molecule has 0 spiro atoms. The summed E-state index contributed by atoms with van der Waals surface area (Å²) in [6.07, 6.45) is 1.34. The fraction of sp³-hybridized carbons (Fsp3) is 0.522. The van der Waals surface area contributed by atoms with Crippen LogP contribution in [0.1, 0.15) is 35.8 Å². The number of nitrogens with one attached hydrogen (secondary N) is 1. The van der Waals surface area contributed by atoms with E-state index < -0.39 is 0 Å². The Morgan fingerprint density at radius 3 is 2.84 bits per heavy atom. The highest BCUT2D eigenvalue weighted by molar-refractivity contribution is 5.95. The van der Waals surface area contributed by atoms with Gasteiger partial charge in [0, 0.05) is 31.4 Å². The average Bonchev–Trinajstić information content (AvgIpc) is 3.50. The largest absolute Gasteiger partial charge is 0.493 e. The van der Waals surface area contributed by atoms with Crippen molar-refractivity contribution in [1.82, 2.24) is 10.1 Å². The quantitative estimate of drug-likeness (QED) is 0.669. The minimum atomic E-state index is -0.272. The number of rotatable bonds is 8. The van der Waals surface area contributed by atoms with Gasteiger partial charge in [0.25, 0.3) is 0 Å². The van der Waals surface area contributed by atoms with Crippen LogP contribution in [0.5, 0.6) is 11.5 Å². The zero-order valence-corrected chi connectivity index (χ0v) is 18.7. The summed E-state index contributed by atoms with van der Waals surface area (Å²) < 4.78 is 22.0. The Balaban J connectivity index is 1.39. The highest BCUT2D eigenvalue weighted by Gasteiger charge is 2.32. The highest BCUT2D eigenvalue weighted by atomic mass is 16.5. The normalized spacial score (nSPS) is 20.6. The van der Waals surface area contributed by atoms with Crippen LogP contribution in [-0.2, 0) is 14.3 Å². The van der Waals surface area contributed by atoms with Crippen LogP contribution in [0.15, 0.2) is 22.7 Å². The van der Waals surface area contributed by atoms with Crippen molar-refractivity contribution in [2.24, 2.45) is 5.92 Å². The SMILES string of the molecule is COc1ccc([C@@H]2CC(=O)N(CC(=O)Nc3c(C)noc3C)C2)cc1OC[C@@H]1CCOC1. The van der Waals surface area contributed by atoms with Crippen molar-refractivity contribution in [2.75, 3.05) is 45.3 Å². The van der Waals surface area contributed by atoms with Crippen molar-refractivity contribution in [3.8, 4) is 11.5 Å². The van der Waals surface area contributed by atoms with E-state index in [0.29, 0.717) is 60.7 Å². The smallest absolute Gasteiger partial charge is 0.244 e. The third-order valence-electron chi connectivity index (χ3n) is 6.00. The Bertz CT molecular complexity index is 963. The summed E-state index contributed by atoms with van der Waals surface area (Å²) in [5, 5.41) is 6.62. The van der Waals surface area contributed by atoms with Gasteiger partial charge in [-0.05, 0) is 38.0 Å². The Kier molecular flexibility index (Phi) is 6.64. The molecule has 2 fully saturated rings. The third-order valence-corrected chi connectivity index (χ3v) is 6.00. The van der Waals surface area contributed by atoms with E-state index in [4.69, 9.17) is 18.7 Å². The first-order valence-electron chi connectivity index (χ1n) is 10.8. The van der Waals surface area contributed by atoms with E-state index in [9.17, 15) is 9.59 Å². The molecule has 2 saturated heterocycles.